The molecule has 0 aromatic heterocycles. The van der Waals surface area contributed by atoms with Crippen LogP contribution in [-0.2, 0) is 0 Å². The summed E-state index contributed by atoms with van der Waals surface area (Å²) < 4.78 is 0. The van der Waals surface area contributed by atoms with E-state index in [1.54, 1.807) is 26.0 Å². The highest BCUT2D eigenvalue weighted by molar-refractivity contribution is 5.56. The van der Waals surface area contributed by atoms with Crippen LogP contribution >= 0.6 is 0 Å². The molecule has 0 saturated heterocycles. The number of nitro benzene ring substituents is 1. The minimum absolute atomic E-state index is 0.292. The van der Waals surface area contributed by atoms with Crippen molar-refractivity contribution in [1.29, 1.82) is 0 Å². The topological polar surface area (TPSA) is 89.4 Å². The van der Waals surface area contributed by atoms with Gasteiger partial charge in [-0.15, -0.1) is 0 Å². The van der Waals surface area contributed by atoms with Gasteiger partial charge in [0.05, 0.1) is 10.5 Å². The number of benzene rings is 1. The van der Waals surface area contributed by atoms with Crippen molar-refractivity contribution in [2.24, 2.45) is 5.73 Å². The summed E-state index contributed by atoms with van der Waals surface area (Å²) in [6, 6.07) is 2.71. The van der Waals surface area contributed by atoms with Gasteiger partial charge in [0.25, 0.3) is 0 Å². The number of phenolic OH excluding ortho intramolecular Hbond substituents is 1. The van der Waals surface area contributed by atoms with Crippen molar-refractivity contribution >= 4 is 5.69 Å². The van der Waals surface area contributed by atoms with Crippen molar-refractivity contribution in [2.75, 3.05) is 0 Å². The Morgan fingerprint density at radius 3 is 2.57 bits per heavy atom. The van der Waals surface area contributed by atoms with E-state index in [1.165, 1.54) is 0 Å². The molecule has 0 heterocycles. The molecule has 1 atom stereocenters. The molecular weight excluding hydrogens is 184 g/mol. The number of nitro groups is 1. The highest BCUT2D eigenvalue weighted by Crippen LogP contribution is 2.35. The van der Waals surface area contributed by atoms with Gasteiger partial charge in [-0.05, 0) is 19.4 Å². The van der Waals surface area contributed by atoms with Gasteiger partial charge in [-0.1, -0.05) is 12.1 Å². The molecule has 14 heavy (non-hydrogen) atoms. The van der Waals surface area contributed by atoms with Crippen molar-refractivity contribution in [2.45, 2.75) is 19.9 Å². The number of nitrogens with two attached hydrogens (primary N) is 1. The van der Waals surface area contributed by atoms with Crippen LogP contribution in [0.1, 0.15) is 24.1 Å². The molecule has 1 aromatic rings. The van der Waals surface area contributed by atoms with E-state index in [2.05, 4.69) is 0 Å². The monoisotopic (exact) mass is 196 g/mol. The largest absolute Gasteiger partial charge is 0.502 e. The van der Waals surface area contributed by atoms with Crippen LogP contribution in [0, 0.1) is 17.0 Å². The summed E-state index contributed by atoms with van der Waals surface area (Å²) in [6.45, 7) is 3.24. The molecule has 3 N–H and O–H groups in total. The van der Waals surface area contributed by atoms with Crippen LogP contribution in [0.25, 0.3) is 0 Å². The zero-order valence-corrected chi connectivity index (χ0v) is 8.02. The quantitative estimate of drug-likeness (QED) is 0.555. The average Bonchev–Trinajstić information content (AvgIpc) is 2.08. The Morgan fingerprint density at radius 2 is 2.14 bits per heavy atom. The second-order valence-corrected chi connectivity index (χ2v) is 3.21. The van der Waals surface area contributed by atoms with Gasteiger partial charge in [0, 0.05) is 6.04 Å². The van der Waals surface area contributed by atoms with E-state index in [9.17, 15) is 15.2 Å². The second-order valence-electron chi connectivity index (χ2n) is 3.21. The summed E-state index contributed by atoms with van der Waals surface area (Å²) in [4.78, 5) is 10.1. The fraction of sp³-hybridized carbons (Fsp3) is 0.333. The third-order valence-electron chi connectivity index (χ3n) is 2.06. The van der Waals surface area contributed by atoms with Gasteiger partial charge in [0.1, 0.15) is 0 Å². The van der Waals surface area contributed by atoms with Crippen molar-refractivity contribution in [3.8, 4) is 5.75 Å². The minimum Gasteiger partial charge on any atom is -0.502 e. The second kappa shape index (κ2) is 3.63. The van der Waals surface area contributed by atoms with Gasteiger partial charge in [0.15, 0.2) is 5.75 Å². The standard InChI is InChI=1S/C9H12N2O3/c1-5-3-4-7(6(2)10)8(9(5)12)11(13)14/h3-4,6,12H,10H2,1-2H3. The molecule has 5 nitrogen and oxygen atoms in total. The highest BCUT2D eigenvalue weighted by Gasteiger charge is 2.23. The number of hydrogen-bond donors (Lipinski definition) is 2. The fourth-order valence-electron chi connectivity index (χ4n) is 1.26. The maximum atomic E-state index is 10.7. The molecule has 0 fully saturated rings. The Kier molecular flexibility index (Phi) is 2.71. The molecular formula is C9H12N2O3. The van der Waals surface area contributed by atoms with Gasteiger partial charge in [0.2, 0.25) is 0 Å². The van der Waals surface area contributed by atoms with Gasteiger partial charge < -0.3 is 10.8 Å². The Hall–Kier alpha value is -1.62. The van der Waals surface area contributed by atoms with Crippen LogP contribution in [0.15, 0.2) is 12.1 Å². The van der Waals surface area contributed by atoms with Gasteiger partial charge in [-0.25, -0.2) is 0 Å². The Balaban J connectivity index is 3.45. The van der Waals surface area contributed by atoms with E-state index < -0.39 is 11.0 Å². The van der Waals surface area contributed by atoms with Crippen LogP contribution in [0.3, 0.4) is 0 Å². The van der Waals surface area contributed by atoms with E-state index in [0.29, 0.717) is 11.1 Å². The minimum atomic E-state index is -0.610. The number of hydrogen-bond acceptors (Lipinski definition) is 4. The van der Waals surface area contributed by atoms with Gasteiger partial charge in [-0.3, -0.25) is 10.1 Å². The Labute approximate surface area is 81.3 Å². The van der Waals surface area contributed by atoms with E-state index in [0.717, 1.165) is 0 Å². The molecule has 1 aromatic carbocycles. The summed E-state index contributed by atoms with van der Waals surface area (Å²) >= 11 is 0. The molecule has 0 radical (unpaired) electrons. The number of aromatic hydroxyl groups is 1. The molecule has 0 aliphatic heterocycles. The zero-order chi connectivity index (χ0) is 10.9. The molecule has 1 rings (SSSR count). The molecule has 5 heteroatoms. The summed E-state index contributed by atoms with van der Waals surface area (Å²) in [5.74, 6) is -0.301. The molecule has 0 bridgehead atoms. The first-order valence-electron chi connectivity index (χ1n) is 4.17. The zero-order valence-electron chi connectivity index (χ0n) is 8.02. The van der Waals surface area contributed by atoms with Crippen LogP contribution in [0.5, 0.6) is 5.75 Å². The number of nitrogens with zero attached hydrogens (tertiary/aromatic N) is 1. The number of phenols is 1. The predicted molar refractivity (Wildman–Crippen MR) is 52.1 cm³/mol. The predicted octanol–water partition coefficient (Wildman–Crippen LogP) is 1.63. The number of rotatable bonds is 2. The molecule has 0 aliphatic rings. The lowest BCUT2D eigenvalue weighted by Crippen LogP contribution is -2.08. The molecule has 1 unspecified atom stereocenters. The molecule has 0 spiro atoms. The number of aryl methyl sites for hydroxylation is 1. The first-order chi connectivity index (χ1) is 6.45. The lowest BCUT2D eigenvalue weighted by atomic mass is 10.0. The Morgan fingerprint density at radius 1 is 1.57 bits per heavy atom. The van der Waals surface area contributed by atoms with E-state index in [1.807, 2.05) is 0 Å². The van der Waals surface area contributed by atoms with Crippen molar-refractivity contribution in [3.63, 3.8) is 0 Å². The summed E-state index contributed by atoms with van der Waals surface area (Å²) in [6.07, 6.45) is 0. The summed E-state index contributed by atoms with van der Waals surface area (Å²) in [7, 11) is 0. The molecule has 0 amide bonds. The Bertz CT molecular complexity index is 375. The normalized spacial score (nSPS) is 12.5. The maximum Gasteiger partial charge on any atom is 0.315 e. The van der Waals surface area contributed by atoms with Crippen molar-refractivity contribution in [1.82, 2.24) is 0 Å². The smallest absolute Gasteiger partial charge is 0.315 e. The van der Waals surface area contributed by atoms with Gasteiger partial charge >= 0.3 is 5.69 Å². The van der Waals surface area contributed by atoms with E-state index >= 15 is 0 Å². The lowest BCUT2D eigenvalue weighted by molar-refractivity contribution is -0.386. The van der Waals surface area contributed by atoms with Crippen LogP contribution in [0.4, 0.5) is 5.69 Å². The molecule has 0 saturated carbocycles. The molecule has 76 valence electrons. The first kappa shape index (κ1) is 10.5. The van der Waals surface area contributed by atoms with E-state index in [-0.39, 0.29) is 11.4 Å². The highest BCUT2D eigenvalue weighted by atomic mass is 16.6. The van der Waals surface area contributed by atoms with Crippen LogP contribution < -0.4 is 5.73 Å². The van der Waals surface area contributed by atoms with Crippen molar-refractivity contribution in [3.05, 3.63) is 33.4 Å². The maximum absolute atomic E-state index is 10.7. The third-order valence-corrected chi connectivity index (χ3v) is 2.06. The SMILES string of the molecule is Cc1ccc(C(C)N)c([N+](=O)[O-])c1O. The van der Waals surface area contributed by atoms with Crippen molar-refractivity contribution < 1.29 is 10.0 Å². The molecule has 0 aliphatic carbocycles. The third kappa shape index (κ3) is 1.67. The van der Waals surface area contributed by atoms with Crippen LogP contribution in [0.2, 0.25) is 0 Å². The van der Waals surface area contributed by atoms with Gasteiger partial charge in [-0.2, -0.15) is 0 Å². The van der Waals surface area contributed by atoms with E-state index in [4.69, 9.17) is 5.73 Å². The van der Waals surface area contributed by atoms with Crippen LogP contribution in [-0.4, -0.2) is 10.0 Å². The summed E-state index contributed by atoms with van der Waals surface area (Å²) in [5, 5.41) is 20.2. The lowest BCUT2D eigenvalue weighted by Gasteiger charge is -2.08. The summed E-state index contributed by atoms with van der Waals surface area (Å²) in [5.41, 5.74) is 6.08. The first-order valence-corrected chi connectivity index (χ1v) is 4.17. The fourth-order valence-corrected chi connectivity index (χ4v) is 1.26. The average molecular weight is 196 g/mol.